The first-order valence-electron chi connectivity index (χ1n) is 8.20. The van der Waals surface area contributed by atoms with Crippen LogP contribution < -0.4 is 10.6 Å². The lowest BCUT2D eigenvalue weighted by molar-refractivity contribution is 0.129. The molecule has 126 valence electrons. The minimum Gasteiger partial charge on any atom is -0.381 e. The Balaban J connectivity index is 2.29. The molecule has 0 amide bonds. The van der Waals surface area contributed by atoms with Gasteiger partial charge in [-0.05, 0) is 33.6 Å². The van der Waals surface area contributed by atoms with Gasteiger partial charge in [-0.1, -0.05) is 13.3 Å². The van der Waals surface area contributed by atoms with Crippen LogP contribution in [-0.4, -0.2) is 37.2 Å². The molecule has 0 aliphatic carbocycles. The molecule has 1 rings (SSSR count). The average Bonchev–Trinajstić information content (AvgIpc) is 2.82. The van der Waals surface area contributed by atoms with Crippen molar-refractivity contribution in [1.29, 1.82) is 0 Å². The van der Waals surface area contributed by atoms with Crippen molar-refractivity contribution in [3.63, 3.8) is 0 Å². The second kappa shape index (κ2) is 11.4. The molecule has 0 unspecified atom stereocenters. The number of nitrogens with one attached hydrogen (secondary N) is 2. The first kappa shape index (κ1) is 18.9. The van der Waals surface area contributed by atoms with Gasteiger partial charge in [-0.25, -0.2) is 9.98 Å². The predicted molar refractivity (Wildman–Crippen MR) is 94.8 cm³/mol. The van der Waals surface area contributed by atoms with Gasteiger partial charge in [0.05, 0.1) is 12.2 Å². The smallest absolute Gasteiger partial charge is 0.191 e. The summed E-state index contributed by atoms with van der Waals surface area (Å²) in [5.41, 5.74) is 1.11. The third-order valence-electron chi connectivity index (χ3n) is 3.19. The van der Waals surface area contributed by atoms with Gasteiger partial charge in [0.15, 0.2) is 5.96 Å². The van der Waals surface area contributed by atoms with E-state index < -0.39 is 0 Å². The van der Waals surface area contributed by atoms with Crippen LogP contribution in [0.15, 0.2) is 4.99 Å². The standard InChI is InChI=1S/C16H30N4OS/c1-5-7-10-21-11-8-9-18-16(17-6-2)19-12-15-20-13(3)14(4)22-15/h5-12H2,1-4H3,(H2,17,18,19). The van der Waals surface area contributed by atoms with Crippen LogP contribution in [0.2, 0.25) is 0 Å². The first-order chi connectivity index (χ1) is 10.7. The number of nitrogens with zero attached hydrogens (tertiary/aromatic N) is 2. The van der Waals surface area contributed by atoms with Crippen molar-refractivity contribution in [1.82, 2.24) is 15.6 Å². The lowest BCUT2D eigenvalue weighted by Crippen LogP contribution is -2.38. The highest BCUT2D eigenvalue weighted by Crippen LogP contribution is 2.16. The molecule has 0 saturated heterocycles. The fourth-order valence-corrected chi connectivity index (χ4v) is 2.68. The Labute approximate surface area is 138 Å². The topological polar surface area (TPSA) is 58.5 Å². The number of rotatable bonds is 10. The molecular weight excluding hydrogens is 296 g/mol. The number of unbranched alkanes of at least 4 members (excludes halogenated alkanes) is 1. The number of thiazole rings is 1. The van der Waals surface area contributed by atoms with E-state index in [1.54, 1.807) is 11.3 Å². The highest BCUT2D eigenvalue weighted by Gasteiger charge is 2.03. The van der Waals surface area contributed by atoms with E-state index in [1.165, 1.54) is 11.3 Å². The van der Waals surface area contributed by atoms with Crippen molar-refractivity contribution in [2.75, 3.05) is 26.3 Å². The van der Waals surface area contributed by atoms with E-state index in [1.807, 2.05) is 6.92 Å². The fourth-order valence-electron chi connectivity index (χ4n) is 1.82. The molecule has 22 heavy (non-hydrogen) atoms. The second-order valence-corrected chi connectivity index (χ2v) is 6.48. The zero-order valence-corrected chi connectivity index (χ0v) is 15.2. The molecule has 2 N–H and O–H groups in total. The molecular formula is C16H30N4OS. The lowest BCUT2D eigenvalue weighted by Gasteiger charge is -2.11. The summed E-state index contributed by atoms with van der Waals surface area (Å²) in [4.78, 5) is 10.4. The molecule has 0 bridgehead atoms. The Hall–Kier alpha value is -1.14. The first-order valence-corrected chi connectivity index (χ1v) is 9.01. The summed E-state index contributed by atoms with van der Waals surface area (Å²) in [6.45, 7) is 12.4. The minimum absolute atomic E-state index is 0.627. The van der Waals surface area contributed by atoms with Crippen molar-refractivity contribution in [2.24, 2.45) is 4.99 Å². The van der Waals surface area contributed by atoms with Crippen LogP contribution in [0.3, 0.4) is 0 Å². The van der Waals surface area contributed by atoms with Gasteiger partial charge < -0.3 is 15.4 Å². The maximum Gasteiger partial charge on any atom is 0.191 e. The molecule has 0 saturated carbocycles. The molecule has 1 aromatic heterocycles. The summed E-state index contributed by atoms with van der Waals surface area (Å²) in [7, 11) is 0. The number of ether oxygens (including phenoxy) is 1. The second-order valence-electron chi connectivity index (χ2n) is 5.19. The fraction of sp³-hybridized carbons (Fsp3) is 0.750. The van der Waals surface area contributed by atoms with Crippen LogP contribution in [0.25, 0.3) is 0 Å². The van der Waals surface area contributed by atoms with Crippen LogP contribution in [0.1, 0.15) is 48.7 Å². The summed E-state index contributed by atoms with van der Waals surface area (Å²) in [5, 5.41) is 7.66. The summed E-state index contributed by atoms with van der Waals surface area (Å²) in [5.74, 6) is 0.849. The Morgan fingerprint density at radius 1 is 1.18 bits per heavy atom. The molecule has 0 radical (unpaired) electrons. The maximum atomic E-state index is 5.55. The lowest BCUT2D eigenvalue weighted by atomic mass is 10.4. The van der Waals surface area contributed by atoms with Crippen LogP contribution in [0.5, 0.6) is 0 Å². The largest absolute Gasteiger partial charge is 0.381 e. The van der Waals surface area contributed by atoms with Gasteiger partial charge in [-0.15, -0.1) is 11.3 Å². The van der Waals surface area contributed by atoms with Crippen molar-refractivity contribution in [2.45, 2.75) is 53.5 Å². The molecule has 0 atom stereocenters. The molecule has 1 heterocycles. The summed E-state index contributed by atoms with van der Waals surface area (Å²) in [6.07, 6.45) is 3.32. The van der Waals surface area contributed by atoms with Crippen LogP contribution in [0.4, 0.5) is 0 Å². The SMILES string of the molecule is CCCCOCCCNC(=NCc1nc(C)c(C)s1)NCC. The molecule has 6 heteroatoms. The summed E-state index contributed by atoms with van der Waals surface area (Å²) >= 11 is 1.72. The monoisotopic (exact) mass is 326 g/mol. The minimum atomic E-state index is 0.627. The Morgan fingerprint density at radius 2 is 1.95 bits per heavy atom. The van der Waals surface area contributed by atoms with Crippen LogP contribution >= 0.6 is 11.3 Å². The van der Waals surface area contributed by atoms with E-state index in [0.717, 1.165) is 55.8 Å². The van der Waals surface area contributed by atoms with E-state index in [0.29, 0.717) is 6.54 Å². The molecule has 0 aliphatic heterocycles. The quantitative estimate of drug-likeness (QED) is 0.394. The van der Waals surface area contributed by atoms with Crippen LogP contribution in [-0.2, 0) is 11.3 Å². The van der Waals surface area contributed by atoms with E-state index in [-0.39, 0.29) is 0 Å². The Kier molecular flexibility index (Phi) is 9.82. The van der Waals surface area contributed by atoms with Crippen LogP contribution in [0, 0.1) is 13.8 Å². The number of aromatic nitrogens is 1. The van der Waals surface area contributed by atoms with E-state index in [2.05, 4.69) is 41.4 Å². The normalized spacial score (nSPS) is 11.7. The van der Waals surface area contributed by atoms with Gasteiger partial charge in [0.25, 0.3) is 0 Å². The zero-order chi connectivity index (χ0) is 16.2. The van der Waals surface area contributed by atoms with Gasteiger partial charge >= 0.3 is 0 Å². The average molecular weight is 327 g/mol. The van der Waals surface area contributed by atoms with Gasteiger partial charge in [0, 0.05) is 31.2 Å². The van der Waals surface area contributed by atoms with Crippen molar-refractivity contribution in [3.05, 3.63) is 15.6 Å². The summed E-state index contributed by atoms with van der Waals surface area (Å²) < 4.78 is 5.55. The van der Waals surface area contributed by atoms with E-state index in [9.17, 15) is 0 Å². The van der Waals surface area contributed by atoms with Crippen molar-refractivity contribution >= 4 is 17.3 Å². The van der Waals surface area contributed by atoms with Gasteiger partial charge in [0.1, 0.15) is 5.01 Å². The molecule has 0 aliphatic rings. The van der Waals surface area contributed by atoms with Gasteiger partial charge in [-0.3, -0.25) is 0 Å². The predicted octanol–water partition coefficient (Wildman–Crippen LogP) is 3.02. The third kappa shape index (κ3) is 7.75. The molecule has 1 aromatic rings. The zero-order valence-electron chi connectivity index (χ0n) is 14.4. The summed E-state index contributed by atoms with van der Waals surface area (Å²) in [6, 6.07) is 0. The highest BCUT2D eigenvalue weighted by molar-refractivity contribution is 7.11. The number of aryl methyl sites for hydroxylation is 2. The number of guanidine groups is 1. The highest BCUT2D eigenvalue weighted by atomic mass is 32.1. The number of aliphatic imine (C=N–C) groups is 1. The molecule has 0 spiro atoms. The van der Waals surface area contributed by atoms with Gasteiger partial charge in [0.2, 0.25) is 0 Å². The Morgan fingerprint density at radius 3 is 2.59 bits per heavy atom. The Bertz CT molecular complexity index is 426. The van der Waals surface area contributed by atoms with Crippen molar-refractivity contribution < 1.29 is 4.74 Å². The van der Waals surface area contributed by atoms with E-state index in [4.69, 9.17) is 4.74 Å². The maximum absolute atomic E-state index is 5.55. The van der Waals surface area contributed by atoms with Gasteiger partial charge in [-0.2, -0.15) is 0 Å². The molecule has 5 nitrogen and oxygen atoms in total. The van der Waals surface area contributed by atoms with Crippen molar-refractivity contribution in [3.8, 4) is 0 Å². The molecule has 0 fully saturated rings. The number of hydrogen-bond donors (Lipinski definition) is 2. The number of hydrogen-bond acceptors (Lipinski definition) is 4. The molecule has 0 aromatic carbocycles. The van der Waals surface area contributed by atoms with E-state index >= 15 is 0 Å². The third-order valence-corrected chi connectivity index (χ3v) is 4.25.